The molecule has 24 heavy (non-hydrogen) atoms. The highest BCUT2D eigenvalue weighted by molar-refractivity contribution is 5.98. The molecule has 0 saturated carbocycles. The first kappa shape index (κ1) is 17.9. The summed E-state index contributed by atoms with van der Waals surface area (Å²) in [7, 11) is 0. The summed E-state index contributed by atoms with van der Waals surface area (Å²) in [6, 6.07) is 6.22. The number of anilines is 1. The predicted molar refractivity (Wildman–Crippen MR) is 84.6 cm³/mol. The van der Waals surface area contributed by atoms with Gasteiger partial charge in [0.25, 0.3) is 11.8 Å². The van der Waals surface area contributed by atoms with Gasteiger partial charge in [-0.1, -0.05) is 6.07 Å². The van der Waals surface area contributed by atoms with Crippen molar-refractivity contribution in [2.75, 3.05) is 18.5 Å². The first-order chi connectivity index (χ1) is 11.3. The number of hydrogen-bond acceptors (Lipinski definition) is 5. The predicted octanol–water partition coefficient (Wildman–Crippen LogP) is 0.369. The average molecular weight is 336 g/mol. The number of aliphatic hydroxyl groups is 1. The Morgan fingerprint density at radius 3 is 2.75 bits per heavy atom. The molecule has 0 aromatic heterocycles. The van der Waals surface area contributed by atoms with Crippen LogP contribution < -0.4 is 10.6 Å². The molecule has 2 unspecified atom stereocenters. The zero-order valence-electron chi connectivity index (χ0n) is 13.2. The molecule has 8 heteroatoms. The second kappa shape index (κ2) is 7.41. The fraction of sp³-hybridized carbons (Fsp3) is 0.438. The first-order valence-electron chi connectivity index (χ1n) is 7.56. The molecule has 1 fully saturated rings. The van der Waals surface area contributed by atoms with Crippen molar-refractivity contribution in [2.45, 2.75) is 31.5 Å². The molecule has 2 amide bonds. The van der Waals surface area contributed by atoms with Gasteiger partial charge in [0.2, 0.25) is 0 Å². The smallest absolute Gasteiger partial charge is 0.337 e. The van der Waals surface area contributed by atoms with Gasteiger partial charge in [-0.2, -0.15) is 0 Å². The molecule has 0 radical (unpaired) electrons. The summed E-state index contributed by atoms with van der Waals surface area (Å²) < 4.78 is 5.29. The number of carboxylic acid groups (broad SMARTS) is 1. The molecule has 1 aliphatic heterocycles. The van der Waals surface area contributed by atoms with Gasteiger partial charge in [0.05, 0.1) is 6.54 Å². The maximum Gasteiger partial charge on any atom is 0.337 e. The topological polar surface area (TPSA) is 125 Å². The number of amides is 2. The van der Waals surface area contributed by atoms with Crippen LogP contribution in [0.1, 0.15) is 30.1 Å². The fourth-order valence-corrected chi connectivity index (χ4v) is 2.18. The maximum atomic E-state index is 12.1. The fourth-order valence-electron chi connectivity index (χ4n) is 2.18. The van der Waals surface area contributed by atoms with Crippen LogP contribution in [0, 0.1) is 0 Å². The molecule has 8 nitrogen and oxygen atoms in total. The van der Waals surface area contributed by atoms with Crippen molar-refractivity contribution in [3.05, 3.63) is 29.8 Å². The third kappa shape index (κ3) is 4.53. The lowest BCUT2D eigenvalue weighted by atomic mass is 10.1. The Hall–Kier alpha value is -2.45. The zero-order chi connectivity index (χ0) is 17.7. The van der Waals surface area contributed by atoms with Crippen molar-refractivity contribution in [3.8, 4) is 0 Å². The number of nitrogens with one attached hydrogen (secondary N) is 2. The van der Waals surface area contributed by atoms with Crippen LogP contribution in [0.5, 0.6) is 0 Å². The minimum Gasteiger partial charge on any atom is -0.479 e. The van der Waals surface area contributed by atoms with Gasteiger partial charge in [0.1, 0.15) is 6.10 Å². The van der Waals surface area contributed by atoms with E-state index >= 15 is 0 Å². The average Bonchev–Trinajstić information content (AvgIpc) is 3.07. The molecule has 4 N–H and O–H groups in total. The largest absolute Gasteiger partial charge is 0.479 e. The van der Waals surface area contributed by atoms with E-state index in [9.17, 15) is 19.5 Å². The monoisotopic (exact) mass is 336 g/mol. The van der Waals surface area contributed by atoms with E-state index in [4.69, 9.17) is 9.84 Å². The molecular weight excluding hydrogens is 316 g/mol. The van der Waals surface area contributed by atoms with Gasteiger partial charge in [0.15, 0.2) is 5.60 Å². The zero-order valence-corrected chi connectivity index (χ0v) is 13.2. The molecule has 0 aliphatic carbocycles. The summed E-state index contributed by atoms with van der Waals surface area (Å²) in [5.41, 5.74) is -1.38. The standard InChI is InChI=1S/C16H20N2O6/c1-16(23,15(21)22)9-17-13(19)10-4-2-5-11(8-10)18-14(20)12-6-3-7-24-12/h2,4-5,8,12,23H,3,6-7,9H2,1H3,(H,17,19)(H,18,20)(H,21,22). The normalized spacial score (nSPS) is 19.3. The van der Waals surface area contributed by atoms with Crippen molar-refractivity contribution in [1.82, 2.24) is 5.32 Å². The van der Waals surface area contributed by atoms with E-state index < -0.39 is 30.1 Å². The molecule has 0 bridgehead atoms. The summed E-state index contributed by atoms with van der Waals surface area (Å²) in [6.07, 6.45) is 1.02. The van der Waals surface area contributed by atoms with E-state index in [0.29, 0.717) is 18.7 Å². The van der Waals surface area contributed by atoms with E-state index in [-0.39, 0.29) is 11.5 Å². The van der Waals surface area contributed by atoms with Crippen LogP contribution in [0.2, 0.25) is 0 Å². The highest BCUT2D eigenvalue weighted by atomic mass is 16.5. The quantitative estimate of drug-likeness (QED) is 0.595. The summed E-state index contributed by atoms with van der Waals surface area (Å²) >= 11 is 0. The summed E-state index contributed by atoms with van der Waals surface area (Å²) in [5, 5.41) is 23.4. The van der Waals surface area contributed by atoms with Gasteiger partial charge in [-0.15, -0.1) is 0 Å². The summed E-state index contributed by atoms with van der Waals surface area (Å²) in [5.74, 6) is -2.25. The molecular formula is C16H20N2O6. The number of ether oxygens (including phenoxy) is 1. The van der Waals surface area contributed by atoms with Gasteiger partial charge in [-0.05, 0) is 38.0 Å². The van der Waals surface area contributed by atoms with Crippen LogP contribution in [0.4, 0.5) is 5.69 Å². The Labute approximate surface area is 138 Å². The van der Waals surface area contributed by atoms with E-state index in [1.165, 1.54) is 12.1 Å². The highest BCUT2D eigenvalue weighted by Gasteiger charge is 2.30. The van der Waals surface area contributed by atoms with Gasteiger partial charge in [-0.3, -0.25) is 9.59 Å². The number of rotatable bonds is 6. The first-order valence-corrected chi connectivity index (χ1v) is 7.56. The Balaban J connectivity index is 1.97. The molecule has 2 rings (SSSR count). The van der Waals surface area contributed by atoms with Crippen LogP contribution in [0.25, 0.3) is 0 Å². The van der Waals surface area contributed by atoms with Crippen LogP contribution >= 0.6 is 0 Å². The van der Waals surface area contributed by atoms with E-state index in [0.717, 1.165) is 13.3 Å². The molecule has 1 saturated heterocycles. The van der Waals surface area contributed by atoms with Gasteiger partial charge >= 0.3 is 5.97 Å². The number of hydrogen-bond donors (Lipinski definition) is 4. The van der Waals surface area contributed by atoms with Crippen molar-refractivity contribution in [1.29, 1.82) is 0 Å². The lowest BCUT2D eigenvalue weighted by Crippen LogP contribution is -2.46. The number of carbonyl (C=O) groups is 3. The second-order valence-corrected chi connectivity index (χ2v) is 5.83. The molecule has 1 heterocycles. The molecule has 1 aromatic rings. The van der Waals surface area contributed by atoms with Crippen LogP contribution in [-0.2, 0) is 14.3 Å². The van der Waals surface area contributed by atoms with Gasteiger partial charge in [-0.25, -0.2) is 4.79 Å². The minimum absolute atomic E-state index is 0.237. The lowest BCUT2D eigenvalue weighted by molar-refractivity contribution is -0.155. The number of benzene rings is 1. The summed E-state index contributed by atoms with van der Waals surface area (Å²) in [6.45, 7) is 1.21. The molecule has 0 spiro atoms. The highest BCUT2D eigenvalue weighted by Crippen LogP contribution is 2.16. The van der Waals surface area contributed by atoms with E-state index in [2.05, 4.69) is 10.6 Å². The van der Waals surface area contributed by atoms with Crippen molar-refractivity contribution >= 4 is 23.5 Å². The van der Waals surface area contributed by atoms with Crippen molar-refractivity contribution < 1.29 is 29.3 Å². The van der Waals surface area contributed by atoms with Crippen molar-refractivity contribution in [2.24, 2.45) is 0 Å². The Morgan fingerprint density at radius 2 is 2.12 bits per heavy atom. The van der Waals surface area contributed by atoms with Gasteiger partial charge < -0.3 is 25.6 Å². The molecule has 1 aliphatic rings. The minimum atomic E-state index is -2.05. The Bertz CT molecular complexity index is 637. The number of aliphatic carboxylic acids is 1. The summed E-state index contributed by atoms with van der Waals surface area (Å²) in [4.78, 5) is 34.9. The number of carbonyl (C=O) groups excluding carboxylic acids is 2. The van der Waals surface area contributed by atoms with Gasteiger partial charge in [0, 0.05) is 17.9 Å². The lowest BCUT2D eigenvalue weighted by Gasteiger charge is -2.18. The van der Waals surface area contributed by atoms with Crippen LogP contribution in [0.3, 0.4) is 0 Å². The molecule has 2 atom stereocenters. The molecule has 130 valence electrons. The van der Waals surface area contributed by atoms with E-state index in [1.807, 2.05) is 0 Å². The third-order valence-corrected chi connectivity index (χ3v) is 3.67. The maximum absolute atomic E-state index is 12.1. The SMILES string of the molecule is CC(O)(CNC(=O)c1cccc(NC(=O)C2CCCO2)c1)C(=O)O. The Morgan fingerprint density at radius 1 is 1.38 bits per heavy atom. The Kier molecular flexibility index (Phi) is 5.53. The number of carboxylic acids is 1. The second-order valence-electron chi connectivity index (χ2n) is 5.83. The van der Waals surface area contributed by atoms with E-state index in [1.54, 1.807) is 12.1 Å². The van der Waals surface area contributed by atoms with Crippen LogP contribution in [-0.4, -0.2) is 52.9 Å². The van der Waals surface area contributed by atoms with Crippen LogP contribution in [0.15, 0.2) is 24.3 Å². The molecule has 1 aromatic carbocycles. The van der Waals surface area contributed by atoms with Crippen molar-refractivity contribution in [3.63, 3.8) is 0 Å². The third-order valence-electron chi connectivity index (χ3n) is 3.67.